The quantitative estimate of drug-likeness (QED) is 0.684. The van der Waals surface area contributed by atoms with Crippen molar-refractivity contribution in [3.8, 4) is 0 Å². The molecule has 0 aromatic rings. The van der Waals surface area contributed by atoms with Crippen LogP contribution in [0, 0.1) is 5.92 Å². The zero-order chi connectivity index (χ0) is 10.1. The molecule has 0 amide bonds. The monoisotopic (exact) mass is 171 g/mol. The molecule has 0 rings (SSSR count). The predicted molar refractivity (Wildman–Crippen MR) is 58.2 cm³/mol. The third-order valence-electron chi connectivity index (χ3n) is 1.93. The van der Waals surface area contributed by atoms with Gasteiger partial charge in [-0.2, -0.15) is 0 Å². The largest absolute Gasteiger partial charge is 0.392 e. The Balaban J connectivity index is 0. The first-order chi connectivity index (χ1) is 5.63. The van der Waals surface area contributed by atoms with Crippen LogP contribution < -0.4 is 5.32 Å². The van der Waals surface area contributed by atoms with Crippen LogP contribution in [0.1, 0.15) is 48.0 Å². The van der Waals surface area contributed by atoms with E-state index in [1.165, 1.54) is 11.3 Å². The van der Waals surface area contributed by atoms with Gasteiger partial charge in [-0.05, 0) is 24.8 Å². The number of hydrogen-bond donors (Lipinski definition) is 1. The van der Waals surface area contributed by atoms with Gasteiger partial charge in [0, 0.05) is 12.7 Å². The van der Waals surface area contributed by atoms with Crippen LogP contribution in [0.15, 0.2) is 11.3 Å². The molecule has 0 unspecified atom stereocenters. The highest BCUT2D eigenvalue weighted by Gasteiger charge is 2.02. The molecule has 0 aliphatic rings. The summed E-state index contributed by atoms with van der Waals surface area (Å²) in [7, 11) is 1.98. The standard InChI is InChI=1S/C9H19N.C2H6/c1-6-9(7(2)3)8(4)10-5;1-2/h7,10H,6H2,1-5H3;1-2H3/b9-8+;. The highest BCUT2D eigenvalue weighted by molar-refractivity contribution is 5.11. The first kappa shape index (κ1) is 14.1. The van der Waals surface area contributed by atoms with Gasteiger partial charge in [-0.25, -0.2) is 0 Å². The summed E-state index contributed by atoms with van der Waals surface area (Å²) < 4.78 is 0. The van der Waals surface area contributed by atoms with Crippen LogP contribution in [0.25, 0.3) is 0 Å². The second kappa shape index (κ2) is 8.63. The molecule has 0 saturated heterocycles. The molecule has 0 radical (unpaired) electrons. The maximum Gasteiger partial charge on any atom is 0.00668 e. The zero-order valence-corrected chi connectivity index (χ0v) is 9.78. The Morgan fingerprint density at radius 2 is 1.67 bits per heavy atom. The number of nitrogens with one attached hydrogen (secondary N) is 1. The minimum Gasteiger partial charge on any atom is -0.392 e. The van der Waals surface area contributed by atoms with Crippen molar-refractivity contribution in [1.29, 1.82) is 0 Å². The van der Waals surface area contributed by atoms with Gasteiger partial charge in [-0.15, -0.1) is 0 Å². The van der Waals surface area contributed by atoms with E-state index < -0.39 is 0 Å². The van der Waals surface area contributed by atoms with E-state index in [1.807, 2.05) is 20.9 Å². The average molecular weight is 171 g/mol. The summed E-state index contributed by atoms with van der Waals surface area (Å²) in [6, 6.07) is 0. The molecule has 0 saturated carbocycles. The third-order valence-corrected chi connectivity index (χ3v) is 1.93. The van der Waals surface area contributed by atoms with Crippen LogP contribution in [0.3, 0.4) is 0 Å². The Morgan fingerprint density at radius 3 is 1.75 bits per heavy atom. The number of rotatable bonds is 3. The van der Waals surface area contributed by atoms with Gasteiger partial charge < -0.3 is 5.32 Å². The molecule has 1 N–H and O–H groups in total. The van der Waals surface area contributed by atoms with E-state index in [0.717, 1.165) is 6.42 Å². The minimum atomic E-state index is 0.678. The Labute approximate surface area is 78.3 Å². The van der Waals surface area contributed by atoms with Gasteiger partial charge in [0.1, 0.15) is 0 Å². The predicted octanol–water partition coefficient (Wildman–Crippen LogP) is 3.57. The van der Waals surface area contributed by atoms with Crippen LogP contribution in [-0.2, 0) is 0 Å². The zero-order valence-electron chi connectivity index (χ0n) is 9.78. The van der Waals surface area contributed by atoms with Crippen molar-refractivity contribution in [3.63, 3.8) is 0 Å². The smallest absolute Gasteiger partial charge is 0.00668 e. The van der Waals surface area contributed by atoms with Crippen molar-refractivity contribution in [2.45, 2.75) is 48.0 Å². The summed E-state index contributed by atoms with van der Waals surface area (Å²) in [6.45, 7) is 12.8. The molecule has 0 spiro atoms. The summed E-state index contributed by atoms with van der Waals surface area (Å²) in [6.07, 6.45) is 1.16. The first-order valence-corrected chi connectivity index (χ1v) is 5.00. The van der Waals surface area contributed by atoms with Gasteiger partial charge in [-0.1, -0.05) is 34.6 Å². The second-order valence-electron chi connectivity index (χ2n) is 2.91. The van der Waals surface area contributed by atoms with Gasteiger partial charge in [0.25, 0.3) is 0 Å². The molecular formula is C11H25N. The molecule has 0 aliphatic carbocycles. The summed E-state index contributed by atoms with van der Waals surface area (Å²) >= 11 is 0. The van der Waals surface area contributed by atoms with Crippen molar-refractivity contribution >= 4 is 0 Å². The van der Waals surface area contributed by atoms with Gasteiger partial charge >= 0.3 is 0 Å². The third kappa shape index (κ3) is 5.22. The lowest BCUT2D eigenvalue weighted by Gasteiger charge is -2.13. The summed E-state index contributed by atoms with van der Waals surface area (Å²) in [5, 5.41) is 3.18. The molecule has 12 heavy (non-hydrogen) atoms. The molecule has 0 aromatic carbocycles. The van der Waals surface area contributed by atoms with Crippen LogP contribution in [0.2, 0.25) is 0 Å². The van der Waals surface area contributed by atoms with E-state index in [0.29, 0.717) is 5.92 Å². The van der Waals surface area contributed by atoms with Crippen molar-refractivity contribution in [2.24, 2.45) is 5.92 Å². The lowest BCUT2D eigenvalue weighted by Crippen LogP contribution is -2.08. The van der Waals surface area contributed by atoms with Gasteiger partial charge in [0.05, 0.1) is 0 Å². The van der Waals surface area contributed by atoms with E-state index >= 15 is 0 Å². The molecule has 1 nitrogen and oxygen atoms in total. The van der Waals surface area contributed by atoms with Crippen molar-refractivity contribution in [1.82, 2.24) is 5.32 Å². The second-order valence-corrected chi connectivity index (χ2v) is 2.91. The van der Waals surface area contributed by atoms with E-state index in [9.17, 15) is 0 Å². The maximum absolute atomic E-state index is 3.18. The summed E-state index contributed by atoms with van der Waals surface area (Å²) in [5.74, 6) is 0.678. The molecule has 0 heterocycles. The Hall–Kier alpha value is -0.460. The van der Waals surface area contributed by atoms with E-state index in [2.05, 4.69) is 33.0 Å². The Bertz CT molecular complexity index is 123. The van der Waals surface area contributed by atoms with E-state index in [-0.39, 0.29) is 0 Å². The number of allylic oxidation sites excluding steroid dienone is 2. The van der Waals surface area contributed by atoms with Crippen LogP contribution in [0.5, 0.6) is 0 Å². The number of hydrogen-bond acceptors (Lipinski definition) is 1. The topological polar surface area (TPSA) is 12.0 Å². The molecule has 0 bridgehead atoms. The lowest BCUT2D eigenvalue weighted by molar-refractivity contribution is 0.702. The average Bonchev–Trinajstić information content (AvgIpc) is 2.08. The maximum atomic E-state index is 3.18. The SMILES string of the molecule is CC.CC/C(=C(/C)NC)C(C)C. The molecule has 0 fully saturated rings. The van der Waals surface area contributed by atoms with Crippen LogP contribution >= 0.6 is 0 Å². The Morgan fingerprint density at radius 1 is 1.25 bits per heavy atom. The highest BCUT2D eigenvalue weighted by atomic mass is 14.8. The normalized spacial score (nSPS) is 11.7. The van der Waals surface area contributed by atoms with Gasteiger partial charge in [-0.3, -0.25) is 0 Å². The van der Waals surface area contributed by atoms with Gasteiger partial charge in [0.15, 0.2) is 0 Å². The fourth-order valence-corrected chi connectivity index (χ4v) is 1.27. The highest BCUT2D eigenvalue weighted by Crippen LogP contribution is 2.15. The molecular weight excluding hydrogens is 146 g/mol. The van der Waals surface area contributed by atoms with E-state index in [1.54, 1.807) is 0 Å². The summed E-state index contributed by atoms with van der Waals surface area (Å²) in [5.41, 5.74) is 2.86. The first-order valence-electron chi connectivity index (χ1n) is 5.00. The Kier molecular flexibility index (Phi) is 10.1. The molecule has 1 heteroatoms. The molecule has 0 atom stereocenters. The molecule has 0 aromatic heterocycles. The van der Waals surface area contributed by atoms with Crippen LogP contribution in [-0.4, -0.2) is 7.05 Å². The fraction of sp³-hybridized carbons (Fsp3) is 0.818. The van der Waals surface area contributed by atoms with Gasteiger partial charge in [0.2, 0.25) is 0 Å². The summed E-state index contributed by atoms with van der Waals surface area (Å²) in [4.78, 5) is 0. The van der Waals surface area contributed by atoms with Crippen molar-refractivity contribution in [3.05, 3.63) is 11.3 Å². The fourth-order valence-electron chi connectivity index (χ4n) is 1.27. The van der Waals surface area contributed by atoms with Crippen molar-refractivity contribution in [2.75, 3.05) is 7.05 Å². The minimum absolute atomic E-state index is 0.678. The van der Waals surface area contributed by atoms with E-state index in [4.69, 9.17) is 0 Å². The molecule has 0 aliphatic heterocycles. The van der Waals surface area contributed by atoms with Crippen molar-refractivity contribution < 1.29 is 0 Å². The van der Waals surface area contributed by atoms with Crippen LogP contribution in [0.4, 0.5) is 0 Å². The lowest BCUT2D eigenvalue weighted by atomic mass is 9.99. The molecule has 74 valence electrons.